The van der Waals surface area contributed by atoms with Gasteiger partial charge < -0.3 is 0 Å². The second-order valence-corrected chi connectivity index (χ2v) is 5.76. The predicted molar refractivity (Wildman–Crippen MR) is 68.7 cm³/mol. The van der Waals surface area contributed by atoms with Crippen LogP contribution in [0, 0.1) is 6.92 Å². The van der Waals surface area contributed by atoms with Crippen LogP contribution in [0.2, 0.25) is 0 Å². The first-order valence-corrected chi connectivity index (χ1v) is 6.94. The van der Waals surface area contributed by atoms with Crippen molar-refractivity contribution < 1.29 is 18.0 Å². The molecule has 0 atom stereocenters. The average molecular weight is 277 g/mol. The third kappa shape index (κ3) is 2.97. The maximum absolute atomic E-state index is 12.0. The van der Waals surface area contributed by atoms with Crippen LogP contribution in [0.15, 0.2) is 53.1 Å². The fraction of sp³-hybridized carbons (Fsp3) is 0.0769. The number of carbonyl (C=O) groups is 2. The van der Waals surface area contributed by atoms with Crippen molar-refractivity contribution in [2.75, 3.05) is 0 Å². The van der Waals surface area contributed by atoms with Crippen LogP contribution in [0.4, 0.5) is 0 Å². The van der Waals surface area contributed by atoms with E-state index in [1.807, 2.05) is 6.92 Å². The molecule has 0 heterocycles. The molecule has 1 aromatic carbocycles. The third-order valence-corrected chi connectivity index (χ3v) is 3.91. The van der Waals surface area contributed by atoms with Crippen LogP contribution >= 0.6 is 0 Å². The van der Waals surface area contributed by atoms with Gasteiger partial charge >= 0.3 is 0 Å². The topological polar surface area (TPSA) is 80.3 Å². The van der Waals surface area contributed by atoms with Gasteiger partial charge in [0.1, 0.15) is 5.70 Å². The first-order valence-electron chi connectivity index (χ1n) is 5.46. The van der Waals surface area contributed by atoms with E-state index in [1.54, 1.807) is 12.1 Å². The Bertz CT molecular complexity index is 697. The number of nitrogens with one attached hydrogen (secondary N) is 1. The van der Waals surface area contributed by atoms with Gasteiger partial charge in [-0.25, -0.2) is 8.42 Å². The number of allylic oxidation sites excluding steroid dienone is 3. The second kappa shape index (κ2) is 4.81. The summed E-state index contributed by atoms with van der Waals surface area (Å²) in [5.41, 5.74) is 0.679. The lowest BCUT2D eigenvalue weighted by atomic mass is 10.1. The lowest BCUT2D eigenvalue weighted by molar-refractivity contribution is -0.114. The second-order valence-electron chi connectivity index (χ2n) is 4.08. The highest BCUT2D eigenvalue weighted by atomic mass is 32.2. The molecule has 2 rings (SSSR count). The van der Waals surface area contributed by atoms with Gasteiger partial charge in [-0.1, -0.05) is 17.7 Å². The Labute approximate surface area is 110 Å². The molecule has 0 saturated carbocycles. The maximum Gasteiger partial charge on any atom is 0.262 e. The Kier molecular flexibility index (Phi) is 3.35. The number of hydrogen-bond donors (Lipinski definition) is 1. The molecule has 0 saturated heterocycles. The molecule has 1 aromatic rings. The number of sulfonamides is 1. The molecule has 0 unspecified atom stereocenters. The summed E-state index contributed by atoms with van der Waals surface area (Å²) in [7, 11) is -3.86. The Hall–Kier alpha value is -2.21. The standard InChI is InChI=1S/C13H11NO4S/c1-9-2-5-11(6-3-9)19(17,18)14-12-8-10(15)4-7-13(12)16/h2-8,14H,1H3. The number of rotatable bonds is 3. The van der Waals surface area contributed by atoms with E-state index in [4.69, 9.17) is 0 Å². The molecule has 0 aromatic heterocycles. The first kappa shape index (κ1) is 13.2. The van der Waals surface area contributed by atoms with Crippen molar-refractivity contribution in [2.45, 2.75) is 11.8 Å². The van der Waals surface area contributed by atoms with Crippen molar-refractivity contribution >= 4 is 21.6 Å². The highest BCUT2D eigenvalue weighted by Crippen LogP contribution is 2.12. The fourth-order valence-electron chi connectivity index (χ4n) is 1.51. The largest absolute Gasteiger partial charge is 0.290 e. The smallest absolute Gasteiger partial charge is 0.262 e. The monoisotopic (exact) mass is 277 g/mol. The van der Waals surface area contributed by atoms with Gasteiger partial charge in [0.05, 0.1) is 4.90 Å². The van der Waals surface area contributed by atoms with Crippen LogP contribution in [0.5, 0.6) is 0 Å². The molecule has 19 heavy (non-hydrogen) atoms. The quantitative estimate of drug-likeness (QED) is 0.831. The molecule has 1 aliphatic rings. The van der Waals surface area contributed by atoms with Gasteiger partial charge in [-0.05, 0) is 31.2 Å². The predicted octanol–water partition coefficient (Wildman–Crippen LogP) is 0.865. The van der Waals surface area contributed by atoms with Crippen molar-refractivity contribution in [2.24, 2.45) is 0 Å². The van der Waals surface area contributed by atoms with Gasteiger partial charge in [0.2, 0.25) is 5.78 Å². The van der Waals surface area contributed by atoms with E-state index in [0.717, 1.165) is 23.8 Å². The zero-order valence-corrected chi connectivity index (χ0v) is 10.9. The minimum atomic E-state index is -3.86. The molecular formula is C13H11NO4S. The summed E-state index contributed by atoms with van der Waals surface area (Å²) in [6.45, 7) is 1.83. The van der Waals surface area contributed by atoms with Crippen LogP contribution in [-0.2, 0) is 19.6 Å². The summed E-state index contributed by atoms with van der Waals surface area (Å²) >= 11 is 0. The lowest BCUT2D eigenvalue weighted by Crippen LogP contribution is -2.28. The minimum Gasteiger partial charge on any atom is -0.290 e. The summed E-state index contributed by atoms with van der Waals surface area (Å²) < 4.78 is 26.2. The number of ketones is 2. The molecule has 0 spiro atoms. The van der Waals surface area contributed by atoms with E-state index < -0.39 is 21.6 Å². The number of carbonyl (C=O) groups excluding carboxylic acids is 2. The molecular weight excluding hydrogens is 266 g/mol. The van der Waals surface area contributed by atoms with E-state index in [9.17, 15) is 18.0 Å². The van der Waals surface area contributed by atoms with Gasteiger partial charge in [0.25, 0.3) is 10.0 Å². The van der Waals surface area contributed by atoms with Crippen LogP contribution in [0.1, 0.15) is 5.56 Å². The van der Waals surface area contributed by atoms with Crippen LogP contribution in [0.3, 0.4) is 0 Å². The van der Waals surface area contributed by atoms with Crippen molar-refractivity contribution in [3.63, 3.8) is 0 Å². The highest BCUT2D eigenvalue weighted by Gasteiger charge is 2.20. The first-order chi connectivity index (χ1) is 8.88. The minimum absolute atomic E-state index is 0.0359. The van der Waals surface area contributed by atoms with Crippen LogP contribution < -0.4 is 4.72 Å². The van der Waals surface area contributed by atoms with Crippen LogP contribution in [0.25, 0.3) is 0 Å². The van der Waals surface area contributed by atoms with Crippen molar-refractivity contribution in [3.05, 3.63) is 53.8 Å². The molecule has 1 N–H and O–H groups in total. The van der Waals surface area contributed by atoms with Gasteiger partial charge in [-0.3, -0.25) is 14.3 Å². The van der Waals surface area contributed by atoms with E-state index in [-0.39, 0.29) is 10.6 Å². The molecule has 6 heteroatoms. The normalized spacial score (nSPS) is 15.3. The summed E-state index contributed by atoms with van der Waals surface area (Å²) in [4.78, 5) is 22.6. The van der Waals surface area contributed by atoms with Gasteiger partial charge in [0, 0.05) is 6.08 Å². The molecule has 0 fully saturated rings. The lowest BCUT2D eigenvalue weighted by Gasteiger charge is -2.11. The molecule has 98 valence electrons. The Morgan fingerprint density at radius 1 is 1.00 bits per heavy atom. The fourth-order valence-corrected chi connectivity index (χ4v) is 2.57. The Morgan fingerprint density at radius 3 is 2.26 bits per heavy atom. The molecule has 5 nitrogen and oxygen atoms in total. The number of benzene rings is 1. The van der Waals surface area contributed by atoms with Gasteiger partial charge in [-0.2, -0.15) is 0 Å². The maximum atomic E-state index is 12.0. The zero-order chi connectivity index (χ0) is 14.0. The Morgan fingerprint density at radius 2 is 1.63 bits per heavy atom. The molecule has 0 bridgehead atoms. The highest BCUT2D eigenvalue weighted by molar-refractivity contribution is 7.89. The summed E-state index contributed by atoms with van der Waals surface area (Å²) in [5.74, 6) is -0.975. The summed E-state index contributed by atoms with van der Waals surface area (Å²) in [5, 5.41) is 0. The van der Waals surface area contributed by atoms with Crippen molar-refractivity contribution in [1.29, 1.82) is 0 Å². The molecule has 1 aliphatic carbocycles. The summed E-state index contributed by atoms with van der Waals surface area (Å²) in [6.07, 6.45) is 3.09. The molecule has 0 radical (unpaired) electrons. The third-order valence-electron chi connectivity index (χ3n) is 2.53. The summed E-state index contributed by atoms with van der Waals surface area (Å²) in [6, 6.07) is 6.17. The number of aryl methyl sites for hydroxylation is 1. The van der Waals surface area contributed by atoms with E-state index in [2.05, 4.69) is 4.72 Å². The SMILES string of the molecule is Cc1ccc(S(=O)(=O)NC2=CC(=O)C=CC2=O)cc1. The zero-order valence-electron chi connectivity index (χ0n) is 10.1. The molecule has 0 amide bonds. The van der Waals surface area contributed by atoms with E-state index >= 15 is 0 Å². The van der Waals surface area contributed by atoms with Gasteiger partial charge in [-0.15, -0.1) is 0 Å². The van der Waals surface area contributed by atoms with E-state index in [1.165, 1.54) is 12.1 Å². The van der Waals surface area contributed by atoms with Gasteiger partial charge in [0.15, 0.2) is 5.78 Å². The van der Waals surface area contributed by atoms with Crippen LogP contribution in [-0.4, -0.2) is 20.0 Å². The average Bonchev–Trinajstić information content (AvgIpc) is 2.34. The Balaban J connectivity index is 2.30. The van der Waals surface area contributed by atoms with Crippen molar-refractivity contribution in [3.8, 4) is 0 Å². The van der Waals surface area contributed by atoms with Crippen molar-refractivity contribution in [1.82, 2.24) is 4.72 Å². The van der Waals surface area contributed by atoms with E-state index in [0.29, 0.717) is 0 Å². The molecule has 0 aliphatic heterocycles. The number of hydrogen-bond acceptors (Lipinski definition) is 4.